The molecule has 0 atom stereocenters. The third-order valence-electron chi connectivity index (χ3n) is 3.66. The van der Waals surface area contributed by atoms with Crippen molar-refractivity contribution in [2.45, 2.75) is 13.0 Å². The van der Waals surface area contributed by atoms with Crippen molar-refractivity contribution in [3.63, 3.8) is 0 Å². The first kappa shape index (κ1) is 13.7. The maximum absolute atomic E-state index is 10.8. The number of benzene rings is 2. The molecule has 1 aliphatic rings. The lowest BCUT2D eigenvalue weighted by molar-refractivity contribution is 0.167. The fourth-order valence-corrected chi connectivity index (χ4v) is 2.86. The highest BCUT2D eigenvalue weighted by Gasteiger charge is 2.24. The summed E-state index contributed by atoms with van der Waals surface area (Å²) in [6, 6.07) is 12.2. The van der Waals surface area contributed by atoms with Crippen LogP contribution in [0.15, 0.2) is 49.2 Å². The lowest BCUT2D eigenvalue weighted by Gasteiger charge is -2.13. The summed E-state index contributed by atoms with van der Waals surface area (Å²) in [6.45, 7) is 3.91. The Morgan fingerprint density at radius 2 is 2.14 bits per heavy atom. The van der Waals surface area contributed by atoms with Crippen LogP contribution in [-0.4, -0.2) is 5.43 Å². The van der Waals surface area contributed by atoms with Crippen LogP contribution >= 0.6 is 11.6 Å². The van der Waals surface area contributed by atoms with Crippen molar-refractivity contribution < 1.29 is 9.53 Å². The van der Waals surface area contributed by atoms with Crippen molar-refractivity contribution in [3.05, 3.63) is 65.9 Å². The number of halogens is 1. The van der Waals surface area contributed by atoms with Crippen LogP contribution in [0.2, 0.25) is 0 Å². The molecule has 0 radical (unpaired) electrons. The van der Waals surface area contributed by atoms with Gasteiger partial charge in [0.05, 0.1) is 0 Å². The first-order valence-electron chi connectivity index (χ1n) is 6.63. The highest BCUT2D eigenvalue weighted by atomic mass is 35.5. The minimum atomic E-state index is -0.785. The van der Waals surface area contributed by atoms with Crippen LogP contribution in [0.4, 0.5) is 10.5 Å². The fraction of sp³-hybridized carbons (Fsp3) is 0.118. The van der Waals surface area contributed by atoms with E-state index in [0.29, 0.717) is 0 Å². The predicted molar refractivity (Wildman–Crippen MR) is 84.5 cm³/mol. The summed E-state index contributed by atoms with van der Waals surface area (Å²) in [4.78, 5) is 10.8. The van der Waals surface area contributed by atoms with E-state index >= 15 is 0 Å². The minimum Gasteiger partial charge on any atom is -0.449 e. The van der Waals surface area contributed by atoms with Crippen molar-refractivity contribution in [1.82, 2.24) is 0 Å². The van der Waals surface area contributed by atoms with Crippen molar-refractivity contribution in [1.29, 1.82) is 0 Å². The number of ether oxygens (including phenoxy) is 1. The van der Waals surface area contributed by atoms with Crippen LogP contribution in [0.5, 0.6) is 0 Å². The maximum Gasteiger partial charge on any atom is 0.404 e. The Morgan fingerprint density at radius 3 is 2.90 bits per heavy atom. The van der Waals surface area contributed by atoms with E-state index in [1.165, 1.54) is 16.7 Å². The van der Waals surface area contributed by atoms with Gasteiger partial charge in [-0.15, -0.1) is 0 Å². The quantitative estimate of drug-likeness (QED) is 0.710. The lowest BCUT2D eigenvalue weighted by Crippen LogP contribution is -2.01. The zero-order chi connectivity index (χ0) is 14.8. The number of nitrogens with one attached hydrogen (secondary N) is 1. The number of carbonyl (C=O) groups excluding carboxylic acids is 1. The number of rotatable bonds is 4. The van der Waals surface area contributed by atoms with Gasteiger partial charge in [-0.25, -0.2) is 4.79 Å². The summed E-state index contributed by atoms with van der Waals surface area (Å²) < 4.78 is 4.94. The highest BCUT2D eigenvalue weighted by Crippen LogP contribution is 2.43. The fourth-order valence-electron chi connectivity index (χ4n) is 2.81. The number of carbonyl (C=O) groups is 1. The van der Waals surface area contributed by atoms with E-state index in [1.54, 1.807) is 6.20 Å². The van der Waals surface area contributed by atoms with E-state index in [0.717, 1.165) is 23.2 Å². The van der Waals surface area contributed by atoms with Gasteiger partial charge in [0.1, 0.15) is 6.61 Å². The molecule has 2 aromatic rings. The molecule has 0 unspecified atom stereocenters. The Morgan fingerprint density at radius 1 is 1.33 bits per heavy atom. The molecule has 0 aromatic heterocycles. The van der Waals surface area contributed by atoms with Gasteiger partial charge >= 0.3 is 5.43 Å². The second-order valence-corrected chi connectivity index (χ2v) is 5.14. The summed E-state index contributed by atoms with van der Waals surface area (Å²) in [5.74, 6) is 0. The van der Waals surface area contributed by atoms with E-state index in [2.05, 4.69) is 24.0 Å². The van der Waals surface area contributed by atoms with Crippen LogP contribution in [0.3, 0.4) is 0 Å². The molecule has 0 spiro atoms. The maximum atomic E-state index is 10.8. The Hall–Kier alpha value is -2.26. The minimum absolute atomic E-state index is 0.188. The highest BCUT2D eigenvalue weighted by molar-refractivity contribution is 6.61. The first-order chi connectivity index (χ1) is 10.2. The van der Waals surface area contributed by atoms with Crippen LogP contribution in [0, 0.1) is 0 Å². The van der Waals surface area contributed by atoms with E-state index in [-0.39, 0.29) is 6.61 Å². The molecule has 0 heterocycles. The second-order valence-electron chi connectivity index (χ2n) is 4.83. The first-order valence-corrected chi connectivity index (χ1v) is 7.01. The van der Waals surface area contributed by atoms with Crippen LogP contribution in [0.1, 0.15) is 16.7 Å². The molecule has 1 N–H and O–H groups in total. The monoisotopic (exact) mass is 299 g/mol. The molecular formula is C17H14ClNO2. The molecular weight excluding hydrogens is 286 g/mol. The summed E-state index contributed by atoms with van der Waals surface area (Å²) in [6.07, 6.45) is 2.49. The van der Waals surface area contributed by atoms with Gasteiger partial charge in [0.2, 0.25) is 0 Å². The van der Waals surface area contributed by atoms with Gasteiger partial charge in [-0.3, -0.25) is 0 Å². The number of hydrogen-bond acceptors (Lipinski definition) is 3. The van der Waals surface area contributed by atoms with Gasteiger partial charge in [0.25, 0.3) is 0 Å². The standard InChI is InChI=1S/C17H14ClNO2/c1-2-19-15-8-7-12(10-21-17(18)20)14-9-11-5-3-4-6-13(11)16(14)15/h2-8,19H,1,9-10H2. The Labute approximate surface area is 128 Å². The number of anilines is 1. The molecule has 0 saturated carbocycles. The van der Waals surface area contributed by atoms with Gasteiger partial charge < -0.3 is 10.1 Å². The zero-order valence-corrected chi connectivity index (χ0v) is 12.1. The third kappa shape index (κ3) is 2.52. The molecule has 2 aromatic carbocycles. The van der Waals surface area contributed by atoms with Crippen LogP contribution in [-0.2, 0) is 17.8 Å². The van der Waals surface area contributed by atoms with Crippen molar-refractivity contribution in [2.75, 3.05) is 5.32 Å². The third-order valence-corrected chi connectivity index (χ3v) is 3.77. The predicted octanol–water partition coefficient (Wildman–Crippen LogP) is 4.69. The number of fused-ring (bicyclic) bond motifs is 3. The Kier molecular flexibility index (Phi) is 3.67. The molecule has 4 heteroatoms. The summed E-state index contributed by atoms with van der Waals surface area (Å²) in [7, 11) is 0. The molecule has 0 aliphatic heterocycles. The van der Waals surface area contributed by atoms with Crippen LogP contribution < -0.4 is 5.32 Å². The number of hydrogen-bond donors (Lipinski definition) is 1. The normalized spacial score (nSPS) is 11.5. The topological polar surface area (TPSA) is 38.3 Å². The van der Waals surface area contributed by atoms with Gasteiger partial charge in [-0.1, -0.05) is 36.9 Å². The average Bonchev–Trinajstić information content (AvgIpc) is 2.86. The van der Waals surface area contributed by atoms with Crippen LogP contribution in [0.25, 0.3) is 11.1 Å². The van der Waals surface area contributed by atoms with Gasteiger partial charge in [-0.2, -0.15) is 0 Å². The molecule has 106 valence electrons. The average molecular weight is 300 g/mol. The van der Waals surface area contributed by atoms with Crippen molar-refractivity contribution in [3.8, 4) is 11.1 Å². The Bertz CT molecular complexity index is 725. The summed E-state index contributed by atoms with van der Waals surface area (Å²) in [5.41, 5.74) is 5.98. The molecule has 0 saturated heterocycles. The second kappa shape index (κ2) is 5.62. The molecule has 3 nitrogen and oxygen atoms in total. The van der Waals surface area contributed by atoms with E-state index in [4.69, 9.17) is 16.3 Å². The van der Waals surface area contributed by atoms with Crippen molar-refractivity contribution >= 4 is 22.7 Å². The molecule has 3 rings (SSSR count). The summed E-state index contributed by atoms with van der Waals surface area (Å²) in [5, 5.41) is 3.17. The molecule has 0 amide bonds. The zero-order valence-electron chi connectivity index (χ0n) is 11.4. The molecule has 1 aliphatic carbocycles. The van der Waals surface area contributed by atoms with Gasteiger partial charge in [0, 0.05) is 22.9 Å². The SMILES string of the molecule is C=CNc1ccc(COC(=O)Cl)c2c1-c1ccccc1C2. The van der Waals surface area contributed by atoms with Crippen molar-refractivity contribution in [2.24, 2.45) is 0 Å². The van der Waals surface area contributed by atoms with E-state index in [1.807, 2.05) is 24.3 Å². The van der Waals surface area contributed by atoms with E-state index in [9.17, 15) is 4.79 Å². The van der Waals surface area contributed by atoms with E-state index < -0.39 is 5.43 Å². The summed E-state index contributed by atoms with van der Waals surface area (Å²) >= 11 is 5.26. The smallest absolute Gasteiger partial charge is 0.404 e. The molecule has 0 bridgehead atoms. The van der Waals surface area contributed by atoms with Gasteiger partial charge in [0.15, 0.2) is 0 Å². The Balaban J connectivity index is 2.10. The molecule has 21 heavy (non-hydrogen) atoms. The lowest BCUT2D eigenvalue weighted by atomic mass is 9.99. The van der Waals surface area contributed by atoms with Gasteiger partial charge in [-0.05, 0) is 40.9 Å². The molecule has 0 fully saturated rings. The largest absolute Gasteiger partial charge is 0.449 e.